The molecule has 0 saturated heterocycles. The van der Waals surface area contributed by atoms with Crippen LogP contribution >= 0.6 is 11.3 Å². The second-order valence-electron chi connectivity index (χ2n) is 3.76. The fourth-order valence-corrected chi connectivity index (χ4v) is 2.00. The lowest BCUT2D eigenvalue weighted by Crippen LogP contribution is -2.24. The number of hydrogen-bond donors (Lipinski definition) is 2. The standard InChI is InChI=1S/C12H12FN3OS/c13-9-3-1-8(2-4-9)6-15-11(17)5-10-7-18-12(14)16-10/h1-4,7H,5-6H2,(H2,14,16)(H,15,17). The van der Waals surface area contributed by atoms with Crippen LogP contribution in [0.4, 0.5) is 9.52 Å². The van der Waals surface area contributed by atoms with Gasteiger partial charge in [-0.1, -0.05) is 12.1 Å². The van der Waals surface area contributed by atoms with E-state index in [4.69, 9.17) is 5.73 Å². The number of anilines is 1. The Morgan fingerprint density at radius 2 is 2.11 bits per heavy atom. The number of aromatic nitrogens is 1. The Morgan fingerprint density at radius 3 is 2.72 bits per heavy atom. The van der Waals surface area contributed by atoms with Gasteiger partial charge >= 0.3 is 0 Å². The highest BCUT2D eigenvalue weighted by molar-refractivity contribution is 7.13. The maximum atomic E-state index is 12.7. The van der Waals surface area contributed by atoms with Crippen LogP contribution in [0.5, 0.6) is 0 Å². The van der Waals surface area contributed by atoms with Gasteiger partial charge in [-0.25, -0.2) is 9.37 Å². The first-order chi connectivity index (χ1) is 8.63. The summed E-state index contributed by atoms with van der Waals surface area (Å²) in [5.41, 5.74) is 6.98. The predicted octanol–water partition coefficient (Wildman–Crippen LogP) is 1.72. The molecule has 1 aromatic heterocycles. The summed E-state index contributed by atoms with van der Waals surface area (Å²) >= 11 is 1.31. The Balaban J connectivity index is 1.83. The molecule has 2 rings (SSSR count). The van der Waals surface area contributed by atoms with Crippen molar-refractivity contribution in [2.45, 2.75) is 13.0 Å². The van der Waals surface area contributed by atoms with E-state index in [0.717, 1.165) is 5.56 Å². The number of nitrogen functional groups attached to an aromatic ring is 1. The fraction of sp³-hybridized carbons (Fsp3) is 0.167. The minimum Gasteiger partial charge on any atom is -0.375 e. The molecule has 0 aliphatic rings. The van der Waals surface area contributed by atoms with E-state index in [2.05, 4.69) is 10.3 Å². The number of hydrogen-bond acceptors (Lipinski definition) is 4. The highest BCUT2D eigenvalue weighted by Gasteiger charge is 2.06. The smallest absolute Gasteiger partial charge is 0.226 e. The number of rotatable bonds is 4. The van der Waals surface area contributed by atoms with Crippen molar-refractivity contribution in [2.24, 2.45) is 0 Å². The molecule has 0 spiro atoms. The molecule has 0 aliphatic heterocycles. The molecule has 3 N–H and O–H groups in total. The third-order valence-corrected chi connectivity index (χ3v) is 3.04. The van der Waals surface area contributed by atoms with E-state index in [1.807, 2.05) is 0 Å². The van der Waals surface area contributed by atoms with Crippen molar-refractivity contribution < 1.29 is 9.18 Å². The zero-order chi connectivity index (χ0) is 13.0. The Morgan fingerprint density at radius 1 is 1.39 bits per heavy atom. The minimum absolute atomic E-state index is 0.135. The number of benzene rings is 1. The maximum Gasteiger partial charge on any atom is 0.226 e. The van der Waals surface area contributed by atoms with Crippen molar-refractivity contribution in [3.63, 3.8) is 0 Å². The number of carbonyl (C=O) groups excluding carboxylic acids is 1. The topological polar surface area (TPSA) is 68.0 Å². The van der Waals surface area contributed by atoms with E-state index < -0.39 is 0 Å². The van der Waals surface area contributed by atoms with Crippen LogP contribution in [0.1, 0.15) is 11.3 Å². The van der Waals surface area contributed by atoms with Crippen molar-refractivity contribution in [3.05, 3.63) is 46.7 Å². The molecule has 0 radical (unpaired) electrons. The van der Waals surface area contributed by atoms with Crippen molar-refractivity contribution in [1.29, 1.82) is 0 Å². The summed E-state index contributed by atoms with van der Waals surface area (Å²) in [6.07, 6.45) is 0.203. The van der Waals surface area contributed by atoms with Crippen molar-refractivity contribution >= 4 is 22.4 Å². The summed E-state index contributed by atoms with van der Waals surface area (Å²) < 4.78 is 12.7. The molecular weight excluding hydrogens is 253 g/mol. The number of carbonyl (C=O) groups is 1. The van der Waals surface area contributed by atoms with Gasteiger partial charge in [0.05, 0.1) is 12.1 Å². The van der Waals surface area contributed by atoms with Gasteiger partial charge < -0.3 is 11.1 Å². The van der Waals surface area contributed by atoms with E-state index >= 15 is 0 Å². The molecule has 0 unspecified atom stereocenters. The molecule has 6 heteroatoms. The normalized spacial score (nSPS) is 10.3. The van der Waals surface area contributed by atoms with Crippen LogP contribution in [0.15, 0.2) is 29.6 Å². The van der Waals surface area contributed by atoms with Crippen molar-refractivity contribution in [3.8, 4) is 0 Å². The lowest BCUT2D eigenvalue weighted by Gasteiger charge is -2.04. The summed E-state index contributed by atoms with van der Waals surface area (Å²) in [5, 5.41) is 4.95. The summed E-state index contributed by atoms with van der Waals surface area (Å²) in [4.78, 5) is 15.6. The molecule has 1 amide bonds. The molecule has 0 aliphatic carbocycles. The summed E-state index contributed by atoms with van der Waals surface area (Å²) in [6.45, 7) is 0.374. The largest absolute Gasteiger partial charge is 0.375 e. The molecule has 18 heavy (non-hydrogen) atoms. The van der Waals surface area contributed by atoms with Gasteiger partial charge in [0, 0.05) is 11.9 Å². The summed E-state index contributed by atoms with van der Waals surface area (Å²) in [5.74, 6) is -0.423. The number of amides is 1. The number of nitrogens with one attached hydrogen (secondary N) is 1. The molecule has 94 valence electrons. The number of nitrogens with two attached hydrogens (primary N) is 1. The van der Waals surface area contributed by atoms with Gasteiger partial charge in [0.25, 0.3) is 0 Å². The summed E-state index contributed by atoms with van der Waals surface area (Å²) in [7, 11) is 0. The number of thiazole rings is 1. The minimum atomic E-state index is -0.289. The first-order valence-corrected chi connectivity index (χ1v) is 6.22. The van der Waals surface area contributed by atoms with Crippen molar-refractivity contribution in [2.75, 3.05) is 5.73 Å². The average Bonchev–Trinajstić information content (AvgIpc) is 2.74. The second kappa shape index (κ2) is 5.59. The Kier molecular flexibility index (Phi) is 3.88. The predicted molar refractivity (Wildman–Crippen MR) is 68.5 cm³/mol. The van der Waals surface area contributed by atoms with Gasteiger partial charge in [0.2, 0.25) is 5.91 Å². The molecule has 0 saturated carbocycles. The van der Waals surface area contributed by atoms with E-state index in [9.17, 15) is 9.18 Å². The molecule has 2 aromatic rings. The molecular formula is C12H12FN3OS. The zero-order valence-corrected chi connectivity index (χ0v) is 10.3. The highest BCUT2D eigenvalue weighted by atomic mass is 32.1. The third kappa shape index (κ3) is 3.53. The van der Waals surface area contributed by atoms with Gasteiger partial charge in [0.15, 0.2) is 5.13 Å². The number of halogens is 1. The lowest BCUT2D eigenvalue weighted by atomic mass is 10.2. The van der Waals surface area contributed by atoms with Gasteiger partial charge in [-0.2, -0.15) is 0 Å². The Bertz CT molecular complexity index is 539. The van der Waals surface area contributed by atoms with Gasteiger partial charge in [0.1, 0.15) is 5.82 Å². The molecule has 4 nitrogen and oxygen atoms in total. The van der Waals surface area contributed by atoms with E-state index in [1.165, 1.54) is 23.5 Å². The monoisotopic (exact) mass is 265 g/mol. The number of nitrogens with zero attached hydrogens (tertiary/aromatic N) is 1. The van der Waals surface area contributed by atoms with E-state index in [1.54, 1.807) is 17.5 Å². The molecule has 1 aromatic carbocycles. The maximum absolute atomic E-state index is 12.7. The third-order valence-electron chi connectivity index (χ3n) is 2.31. The Labute approximate surface area is 108 Å². The van der Waals surface area contributed by atoms with Crippen molar-refractivity contribution in [1.82, 2.24) is 10.3 Å². The van der Waals surface area contributed by atoms with Crippen LogP contribution in [0.25, 0.3) is 0 Å². The van der Waals surface area contributed by atoms with Crippen LogP contribution in [0.2, 0.25) is 0 Å². The van der Waals surface area contributed by atoms with Crippen LogP contribution in [0.3, 0.4) is 0 Å². The zero-order valence-electron chi connectivity index (χ0n) is 9.52. The van der Waals surface area contributed by atoms with Crippen LogP contribution in [0, 0.1) is 5.82 Å². The summed E-state index contributed by atoms with van der Waals surface area (Å²) in [6, 6.07) is 6.00. The molecule has 1 heterocycles. The van der Waals surface area contributed by atoms with Crippen LogP contribution in [-0.4, -0.2) is 10.9 Å². The highest BCUT2D eigenvalue weighted by Crippen LogP contribution is 2.11. The molecule has 0 atom stereocenters. The van der Waals surface area contributed by atoms with Gasteiger partial charge in [-0.05, 0) is 17.7 Å². The second-order valence-corrected chi connectivity index (χ2v) is 4.65. The van der Waals surface area contributed by atoms with Gasteiger partial charge in [-0.15, -0.1) is 11.3 Å². The fourth-order valence-electron chi connectivity index (χ4n) is 1.43. The van der Waals surface area contributed by atoms with E-state index in [0.29, 0.717) is 17.4 Å². The van der Waals surface area contributed by atoms with Crippen LogP contribution < -0.4 is 11.1 Å². The molecule has 0 fully saturated rings. The first kappa shape index (κ1) is 12.5. The Hall–Kier alpha value is -1.95. The average molecular weight is 265 g/mol. The quantitative estimate of drug-likeness (QED) is 0.884. The SMILES string of the molecule is Nc1nc(CC(=O)NCc2ccc(F)cc2)cs1. The molecule has 0 bridgehead atoms. The first-order valence-electron chi connectivity index (χ1n) is 5.34. The van der Waals surface area contributed by atoms with E-state index in [-0.39, 0.29) is 18.1 Å². The lowest BCUT2D eigenvalue weighted by molar-refractivity contribution is -0.120. The van der Waals surface area contributed by atoms with Crippen LogP contribution in [-0.2, 0) is 17.8 Å². The van der Waals surface area contributed by atoms with Gasteiger partial charge in [-0.3, -0.25) is 4.79 Å².